The van der Waals surface area contributed by atoms with E-state index in [1.165, 1.54) is 11.8 Å². The maximum atomic E-state index is 12.9. The van der Waals surface area contributed by atoms with Crippen LogP contribution in [0.1, 0.15) is 28.8 Å². The molecule has 1 N–H and O–H groups in total. The number of anilines is 1. The lowest BCUT2D eigenvalue weighted by Crippen LogP contribution is -2.29. The van der Waals surface area contributed by atoms with E-state index in [4.69, 9.17) is 4.74 Å². The zero-order valence-electron chi connectivity index (χ0n) is 17.8. The summed E-state index contributed by atoms with van der Waals surface area (Å²) >= 11 is 1.42. The molecule has 3 aromatic rings. The monoisotopic (exact) mass is 446 g/mol. The number of rotatable bonds is 8. The van der Waals surface area contributed by atoms with Crippen molar-refractivity contribution in [3.8, 4) is 5.75 Å². The van der Waals surface area contributed by atoms with Crippen LogP contribution in [-0.2, 0) is 11.4 Å². The lowest BCUT2D eigenvalue weighted by atomic mass is 10.2. The van der Waals surface area contributed by atoms with E-state index in [0.717, 1.165) is 42.1 Å². The third kappa shape index (κ3) is 5.92. The quantitative estimate of drug-likeness (QED) is 0.481. The molecule has 0 unspecified atom stereocenters. The lowest BCUT2D eigenvalue weighted by molar-refractivity contribution is -0.127. The van der Waals surface area contributed by atoms with E-state index in [2.05, 4.69) is 5.32 Å². The average molecular weight is 447 g/mol. The molecular formula is C26H26N2O3S. The zero-order chi connectivity index (χ0) is 22.2. The second-order valence-corrected chi connectivity index (χ2v) is 8.64. The van der Waals surface area contributed by atoms with Crippen molar-refractivity contribution < 1.29 is 14.3 Å². The molecule has 5 nitrogen and oxygen atoms in total. The first-order valence-corrected chi connectivity index (χ1v) is 11.8. The fourth-order valence-electron chi connectivity index (χ4n) is 3.55. The normalized spacial score (nSPS) is 13.1. The van der Waals surface area contributed by atoms with Crippen molar-refractivity contribution in [2.75, 3.05) is 24.2 Å². The van der Waals surface area contributed by atoms with Gasteiger partial charge in [0.05, 0.1) is 11.3 Å². The van der Waals surface area contributed by atoms with Crippen molar-refractivity contribution in [3.63, 3.8) is 0 Å². The Bertz CT molecular complexity index is 1050. The molecule has 0 aliphatic carbocycles. The summed E-state index contributed by atoms with van der Waals surface area (Å²) in [5, 5.41) is 2.94. The summed E-state index contributed by atoms with van der Waals surface area (Å²) in [5.74, 6) is 1.02. The molecule has 2 amide bonds. The Kier molecular flexibility index (Phi) is 7.46. The number of ether oxygens (including phenoxy) is 1. The van der Waals surface area contributed by atoms with Crippen LogP contribution >= 0.6 is 11.8 Å². The molecule has 32 heavy (non-hydrogen) atoms. The van der Waals surface area contributed by atoms with E-state index in [1.54, 1.807) is 6.07 Å². The minimum absolute atomic E-state index is 0.133. The molecule has 1 aliphatic heterocycles. The van der Waals surface area contributed by atoms with Crippen molar-refractivity contribution in [1.29, 1.82) is 0 Å². The first-order valence-electron chi connectivity index (χ1n) is 10.8. The van der Waals surface area contributed by atoms with Crippen molar-refractivity contribution in [2.45, 2.75) is 24.3 Å². The van der Waals surface area contributed by atoms with Crippen molar-refractivity contribution in [2.24, 2.45) is 0 Å². The zero-order valence-corrected chi connectivity index (χ0v) is 18.6. The van der Waals surface area contributed by atoms with Gasteiger partial charge >= 0.3 is 0 Å². The Morgan fingerprint density at radius 1 is 0.875 bits per heavy atom. The molecule has 0 radical (unpaired) electrons. The summed E-state index contributed by atoms with van der Waals surface area (Å²) in [5.41, 5.74) is 2.35. The van der Waals surface area contributed by atoms with Crippen LogP contribution in [0.25, 0.3) is 0 Å². The maximum Gasteiger partial charge on any atom is 0.256 e. The molecule has 0 bridgehead atoms. The van der Waals surface area contributed by atoms with Gasteiger partial charge in [-0.15, -0.1) is 11.8 Å². The Labute approximate surface area is 192 Å². The van der Waals surface area contributed by atoms with Gasteiger partial charge in [0.15, 0.2) is 0 Å². The Morgan fingerprint density at radius 2 is 1.56 bits per heavy atom. The molecule has 0 aromatic heterocycles. The van der Waals surface area contributed by atoms with Gasteiger partial charge < -0.3 is 15.0 Å². The Balaban J connectivity index is 1.33. The summed E-state index contributed by atoms with van der Waals surface area (Å²) in [7, 11) is 0. The highest BCUT2D eigenvalue weighted by Crippen LogP contribution is 2.25. The molecule has 0 saturated carbocycles. The summed E-state index contributed by atoms with van der Waals surface area (Å²) in [6.45, 7) is 2.17. The highest BCUT2D eigenvalue weighted by molar-refractivity contribution is 8.00. The van der Waals surface area contributed by atoms with E-state index in [0.29, 0.717) is 23.6 Å². The molecule has 164 valence electrons. The third-order valence-electron chi connectivity index (χ3n) is 5.30. The standard InChI is InChI=1S/C26H26N2O3S/c29-25(28-16-6-7-17-28)19-32-24-11-5-4-10-23(24)26(30)27-21-12-14-22(15-13-21)31-18-20-8-2-1-3-9-20/h1-5,8-15H,6-7,16-19H2,(H,27,30). The van der Waals surface area contributed by atoms with E-state index < -0.39 is 0 Å². The van der Waals surface area contributed by atoms with Gasteiger partial charge in [0.2, 0.25) is 5.91 Å². The van der Waals surface area contributed by atoms with Gasteiger partial charge in [0.25, 0.3) is 5.91 Å². The molecule has 1 aliphatic rings. The number of amides is 2. The number of carbonyl (C=O) groups is 2. The van der Waals surface area contributed by atoms with Gasteiger partial charge in [0.1, 0.15) is 12.4 Å². The lowest BCUT2D eigenvalue weighted by Gasteiger charge is -2.15. The van der Waals surface area contributed by atoms with Gasteiger partial charge in [-0.25, -0.2) is 0 Å². The number of nitrogens with one attached hydrogen (secondary N) is 1. The average Bonchev–Trinajstić information content (AvgIpc) is 3.38. The van der Waals surface area contributed by atoms with E-state index in [9.17, 15) is 9.59 Å². The second-order valence-electron chi connectivity index (χ2n) is 7.63. The summed E-state index contributed by atoms with van der Waals surface area (Å²) < 4.78 is 5.80. The minimum atomic E-state index is -0.195. The molecule has 1 heterocycles. The summed E-state index contributed by atoms with van der Waals surface area (Å²) in [6.07, 6.45) is 2.15. The predicted octanol–water partition coefficient (Wildman–Crippen LogP) is 5.23. The largest absolute Gasteiger partial charge is 0.489 e. The number of carbonyl (C=O) groups excluding carboxylic acids is 2. The van der Waals surface area contributed by atoms with Gasteiger partial charge in [0, 0.05) is 23.7 Å². The van der Waals surface area contributed by atoms with Crippen LogP contribution in [0, 0.1) is 0 Å². The number of thioether (sulfide) groups is 1. The molecule has 3 aromatic carbocycles. The van der Waals surface area contributed by atoms with Gasteiger partial charge in [-0.05, 0) is 54.8 Å². The number of likely N-dealkylation sites (tertiary alicyclic amines) is 1. The molecule has 4 rings (SSSR count). The fraction of sp³-hybridized carbons (Fsp3) is 0.231. The third-order valence-corrected chi connectivity index (χ3v) is 6.36. The van der Waals surface area contributed by atoms with Crippen molar-refractivity contribution in [1.82, 2.24) is 4.90 Å². The first kappa shape index (κ1) is 22.0. The van der Waals surface area contributed by atoms with Crippen LogP contribution in [0.3, 0.4) is 0 Å². The van der Waals surface area contributed by atoms with E-state index in [-0.39, 0.29) is 11.8 Å². The van der Waals surface area contributed by atoms with E-state index >= 15 is 0 Å². The molecule has 0 spiro atoms. The van der Waals surface area contributed by atoms with Crippen LogP contribution in [0.5, 0.6) is 5.75 Å². The molecule has 6 heteroatoms. The molecule has 0 atom stereocenters. The second kappa shape index (κ2) is 10.9. The van der Waals surface area contributed by atoms with Crippen LogP contribution in [-0.4, -0.2) is 35.6 Å². The van der Waals surface area contributed by atoms with Gasteiger partial charge in [-0.2, -0.15) is 0 Å². The molecule has 1 saturated heterocycles. The maximum absolute atomic E-state index is 12.9. The van der Waals surface area contributed by atoms with Gasteiger partial charge in [-0.1, -0.05) is 42.5 Å². The summed E-state index contributed by atoms with van der Waals surface area (Å²) in [4.78, 5) is 27.9. The number of benzene rings is 3. The number of nitrogens with zero attached hydrogens (tertiary/aromatic N) is 1. The smallest absolute Gasteiger partial charge is 0.256 e. The summed E-state index contributed by atoms with van der Waals surface area (Å²) in [6, 6.07) is 24.7. The van der Waals surface area contributed by atoms with E-state index in [1.807, 2.05) is 77.7 Å². The Hall–Kier alpha value is -3.25. The fourth-order valence-corrected chi connectivity index (χ4v) is 4.50. The van der Waals surface area contributed by atoms with Crippen molar-refractivity contribution in [3.05, 3.63) is 90.0 Å². The number of hydrogen-bond acceptors (Lipinski definition) is 4. The predicted molar refractivity (Wildman–Crippen MR) is 128 cm³/mol. The first-order chi connectivity index (χ1) is 15.7. The van der Waals surface area contributed by atoms with Gasteiger partial charge in [-0.3, -0.25) is 9.59 Å². The van der Waals surface area contributed by atoms with Crippen LogP contribution in [0.15, 0.2) is 83.8 Å². The highest BCUT2D eigenvalue weighted by atomic mass is 32.2. The topological polar surface area (TPSA) is 58.6 Å². The minimum Gasteiger partial charge on any atom is -0.489 e. The molecular weight excluding hydrogens is 420 g/mol. The van der Waals surface area contributed by atoms with Crippen molar-refractivity contribution >= 4 is 29.3 Å². The van der Waals surface area contributed by atoms with Crippen LogP contribution < -0.4 is 10.1 Å². The van der Waals surface area contributed by atoms with Crippen LogP contribution in [0.2, 0.25) is 0 Å². The SMILES string of the molecule is O=C(Nc1ccc(OCc2ccccc2)cc1)c1ccccc1SCC(=O)N1CCCC1. The van der Waals surface area contributed by atoms with Crippen LogP contribution in [0.4, 0.5) is 5.69 Å². The molecule has 1 fully saturated rings. The number of hydrogen-bond donors (Lipinski definition) is 1. The Morgan fingerprint density at radius 3 is 2.31 bits per heavy atom. The highest BCUT2D eigenvalue weighted by Gasteiger charge is 2.19.